The van der Waals surface area contributed by atoms with Crippen molar-refractivity contribution in [2.75, 3.05) is 27.2 Å². The van der Waals surface area contributed by atoms with Crippen molar-refractivity contribution in [2.24, 2.45) is 17.8 Å². The van der Waals surface area contributed by atoms with Crippen molar-refractivity contribution in [1.82, 2.24) is 10.2 Å². The zero-order valence-corrected chi connectivity index (χ0v) is 10.1. The number of likely N-dealkylation sites (tertiary alicyclic amines) is 1. The second kappa shape index (κ2) is 4.72. The summed E-state index contributed by atoms with van der Waals surface area (Å²) >= 11 is 0. The minimum atomic E-state index is -0.613. The van der Waals surface area contributed by atoms with Crippen molar-refractivity contribution in [3.63, 3.8) is 0 Å². The van der Waals surface area contributed by atoms with Crippen LogP contribution in [0.4, 0.5) is 0 Å². The van der Waals surface area contributed by atoms with Crippen LogP contribution < -0.4 is 5.32 Å². The summed E-state index contributed by atoms with van der Waals surface area (Å²) in [4.78, 5) is 13.2. The summed E-state index contributed by atoms with van der Waals surface area (Å²) in [5, 5.41) is 12.3. The van der Waals surface area contributed by atoms with E-state index in [0.29, 0.717) is 17.9 Å². The van der Waals surface area contributed by atoms with Crippen LogP contribution >= 0.6 is 0 Å². The molecule has 3 unspecified atom stereocenters. The molecule has 3 atom stereocenters. The number of piperidine rings is 1. The monoisotopic (exact) mass is 226 g/mol. The lowest BCUT2D eigenvalue weighted by Crippen LogP contribution is -2.42. The zero-order valence-electron chi connectivity index (χ0n) is 10.1. The molecule has 1 saturated heterocycles. The highest BCUT2D eigenvalue weighted by molar-refractivity contribution is 5.73. The molecule has 92 valence electrons. The van der Waals surface area contributed by atoms with E-state index in [1.54, 1.807) is 0 Å². The summed E-state index contributed by atoms with van der Waals surface area (Å²) in [7, 11) is 4.13. The third kappa shape index (κ3) is 2.38. The Labute approximate surface area is 97.0 Å². The van der Waals surface area contributed by atoms with Crippen LogP contribution in [0.3, 0.4) is 0 Å². The number of rotatable bonds is 4. The summed E-state index contributed by atoms with van der Waals surface area (Å²) in [5.41, 5.74) is 0. The van der Waals surface area contributed by atoms with E-state index in [4.69, 9.17) is 5.11 Å². The lowest BCUT2D eigenvalue weighted by Gasteiger charge is -2.34. The maximum Gasteiger partial charge on any atom is 0.306 e. The molecular weight excluding hydrogens is 204 g/mol. The molecule has 1 saturated carbocycles. The fourth-order valence-electron chi connectivity index (χ4n) is 3.08. The SMILES string of the molecule is CNC(C1CCN(C)CC1)C1CC1C(=O)O. The summed E-state index contributed by atoms with van der Waals surface area (Å²) in [6, 6.07) is 0.412. The minimum Gasteiger partial charge on any atom is -0.481 e. The number of aliphatic carboxylic acids is 1. The molecule has 1 aliphatic heterocycles. The van der Waals surface area contributed by atoms with Gasteiger partial charge in [-0.2, -0.15) is 0 Å². The van der Waals surface area contributed by atoms with Gasteiger partial charge in [0, 0.05) is 6.04 Å². The predicted molar refractivity (Wildman–Crippen MR) is 62.3 cm³/mol. The number of nitrogens with zero attached hydrogens (tertiary/aromatic N) is 1. The number of hydrogen-bond donors (Lipinski definition) is 2. The molecule has 4 heteroatoms. The van der Waals surface area contributed by atoms with E-state index >= 15 is 0 Å². The summed E-state index contributed by atoms with van der Waals surface area (Å²) in [5.74, 6) is 0.335. The van der Waals surface area contributed by atoms with Crippen molar-refractivity contribution in [3.05, 3.63) is 0 Å². The lowest BCUT2D eigenvalue weighted by atomic mass is 9.86. The van der Waals surface area contributed by atoms with Crippen LogP contribution in [-0.4, -0.2) is 49.2 Å². The van der Waals surface area contributed by atoms with Gasteiger partial charge in [0.2, 0.25) is 0 Å². The average molecular weight is 226 g/mol. The number of carboxylic acid groups (broad SMARTS) is 1. The quantitative estimate of drug-likeness (QED) is 0.738. The Morgan fingerprint density at radius 1 is 1.44 bits per heavy atom. The number of carbonyl (C=O) groups is 1. The first-order chi connectivity index (χ1) is 7.63. The fraction of sp³-hybridized carbons (Fsp3) is 0.917. The largest absolute Gasteiger partial charge is 0.481 e. The van der Waals surface area contributed by atoms with Gasteiger partial charge in [-0.15, -0.1) is 0 Å². The third-order valence-corrected chi connectivity index (χ3v) is 4.22. The lowest BCUT2D eigenvalue weighted by molar-refractivity contribution is -0.139. The number of nitrogens with one attached hydrogen (secondary N) is 1. The van der Waals surface area contributed by atoms with E-state index < -0.39 is 5.97 Å². The van der Waals surface area contributed by atoms with Gasteiger partial charge in [0.25, 0.3) is 0 Å². The Morgan fingerprint density at radius 3 is 2.50 bits per heavy atom. The smallest absolute Gasteiger partial charge is 0.306 e. The summed E-state index contributed by atoms with van der Waals surface area (Å²) in [6.07, 6.45) is 3.27. The van der Waals surface area contributed by atoms with Crippen LogP contribution in [0.15, 0.2) is 0 Å². The molecule has 1 aliphatic carbocycles. The molecule has 2 N–H and O–H groups in total. The van der Waals surface area contributed by atoms with Crippen LogP contribution in [-0.2, 0) is 4.79 Å². The minimum absolute atomic E-state index is 0.0860. The molecule has 2 aliphatic rings. The van der Waals surface area contributed by atoms with Gasteiger partial charge in [-0.25, -0.2) is 0 Å². The Hall–Kier alpha value is -0.610. The van der Waals surface area contributed by atoms with Gasteiger partial charge in [-0.05, 0) is 58.3 Å². The normalized spacial score (nSPS) is 33.6. The zero-order chi connectivity index (χ0) is 11.7. The van der Waals surface area contributed by atoms with Crippen molar-refractivity contribution in [3.8, 4) is 0 Å². The van der Waals surface area contributed by atoms with Crippen molar-refractivity contribution in [2.45, 2.75) is 25.3 Å². The van der Waals surface area contributed by atoms with Crippen molar-refractivity contribution >= 4 is 5.97 Å². The van der Waals surface area contributed by atoms with Gasteiger partial charge in [-0.1, -0.05) is 0 Å². The van der Waals surface area contributed by atoms with E-state index in [1.807, 2.05) is 7.05 Å². The molecule has 0 aromatic rings. The molecule has 0 aromatic carbocycles. The van der Waals surface area contributed by atoms with Gasteiger partial charge in [0.1, 0.15) is 0 Å². The molecule has 2 rings (SSSR count). The van der Waals surface area contributed by atoms with Gasteiger partial charge in [0.05, 0.1) is 5.92 Å². The topological polar surface area (TPSA) is 52.6 Å². The predicted octanol–water partition coefficient (Wildman–Crippen LogP) is 0.637. The highest BCUT2D eigenvalue weighted by Gasteiger charge is 2.49. The molecule has 0 radical (unpaired) electrons. The van der Waals surface area contributed by atoms with Gasteiger partial charge in [0.15, 0.2) is 0 Å². The molecule has 0 spiro atoms. The Kier molecular flexibility index (Phi) is 3.50. The molecule has 0 bridgehead atoms. The molecule has 4 nitrogen and oxygen atoms in total. The molecule has 0 amide bonds. The molecule has 1 heterocycles. The van der Waals surface area contributed by atoms with Crippen LogP contribution in [0.5, 0.6) is 0 Å². The van der Waals surface area contributed by atoms with Crippen LogP contribution in [0, 0.1) is 17.8 Å². The Balaban J connectivity index is 1.89. The number of hydrogen-bond acceptors (Lipinski definition) is 3. The standard InChI is InChI=1S/C12H22N2O2/c1-13-11(9-7-10(9)12(15)16)8-3-5-14(2)6-4-8/h8-11,13H,3-7H2,1-2H3,(H,15,16). The summed E-state index contributed by atoms with van der Waals surface area (Å²) in [6.45, 7) is 2.29. The van der Waals surface area contributed by atoms with E-state index in [9.17, 15) is 4.79 Å². The Morgan fingerprint density at radius 2 is 2.06 bits per heavy atom. The first kappa shape index (κ1) is 11.9. The average Bonchev–Trinajstić information content (AvgIpc) is 3.02. The second-order valence-electron chi connectivity index (χ2n) is 5.30. The van der Waals surface area contributed by atoms with Crippen molar-refractivity contribution in [1.29, 1.82) is 0 Å². The second-order valence-corrected chi connectivity index (χ2v) is 5.30. The van der Waals surface area contributed by atoms with E-state index in [-0.39, 0.29) is 5.92 Å². The highest BCUT2D eigenvalue weighted by Crippen LogP contribution is 2.45. The Bertz CT molecular complexity index is 262. The molecule has 0 aromatic heterocycles. The van der Waals surface area contributed by atoms with Crippen LogP contribution in [0.2, 0.25) is 0 Å². The number of carboxylic acids is 1. The van der Waals surface area contributed by atoms with Crippen LogP contribution in [0.25, 0.3) is 0 Å². The first-order valence-corrected chi connectivity index (χ1v) is 6.22. The van der Waals surface area contributed by atoms with Crippen molar-refractivity contribution < 1.29 is 9.90 Å². The highest BCUT2D eigenvalue weighted by atomic mass is 16.4. The molecule has 16 heavy (non-hydrogen) atoms. The third-order valence-electron chi connectivity index (χ3n) is 4.22. The fourth-order valence-corrected chi connectivity index (χ4v) is 3.08. The maximum absolute atomic E-state index is 10.9. The van der Waals surface area contributed by atoms with E-state index in [1.165, 1.54) is 12.8 Å². The maximum atomic E-state index is 10.9. The molecule has 2 fully saturated rings. The summed E-state index contributed by atoms with van der Waals surface area (Å²) < 4.78 is 0. The van der Waals surface area contributed by atoms with Gasteiger partial charge in [-0.3, -0.25) is 4.79 Å². The van der Waals surface area contributed by atoms with E-state index in [0.717, 1.165) is 19.5 Å². The molecular formula is C12H22N2O2. The first-order valence-electron chi connectivity index (χ1n) is 6.22. The van der Waals surface area contributed by atoms with Gasteiger partial charge < -0.3 is 15.3 Å². The van der Waals surface area contributed by atoms with Crippen LogP contribution in [0.1, 0.15) is 19.3 Å². The van der Waals surface area contributed by atoms with E-state index in [2.05, 4.69) is 17.3 Å². The van der Waals surface area contributed by atoms with Gasteiger partial charge >= 0.3 is 5.97 Å².